The number of rotatable bonds is 5. The first kappa shape index (κ1) is 21.4. The van der Waals surface area contributed by atoms with Gasteiger partial charge in [-0.2, -0.15) is 0 Å². The van der Waals surface area contributed by atoms with E-state index in [-0.39, 0.29) is 8.41 Å². The highest BCUT2D eigenvalue weighted by Gasteiger charge is 2.53. The van der Waals surface area contributed by atoms with Gasteiger partial charge in [0.2, 0.25) is 0 Å². The summed E-state index contributed by atoms with van der Waals surface area (Å²) >= 11 is 10.3. The predicted octanol–water partition coefficient (Wildman–Crippen LogP) is -0.363. The fraction of sp³-hybridized carbons (Fsp3) is 1.00. The lowest BCUT2D eigenvalue weighted by Crippen LogP contribution is -2.31. The van der Waals surface area contributed by atoms with Crippen LogP contribution in [0.1, 0.15) is 0 Å². The Kier molecular flexibility index (Phi) is 7.96. The molecule has 18 heavy (non-hydrogen) atoms. The van der Waals surface area contributed by atoms with Crippen molar-refractivity contribution in [3.05, 3.63) is 0 Å². The Morgan fingerprint density at radius 3 is 1.00 bits per heavy atom. The van der Waals surface area contributed by atoms with E-state index < -0.39 is 38.7 Å². The minimum absolute atomic E-state index is 0. The molecule has 6 N–H and O–H groups in total. The Balaban J connectivity index is 0. The molecule has 0 aliphatic carbocycles. The molecule has 0 aromatic rings. The maximum absolute atomic E-state index is 10.9. The number of hydrogen-bond acceptors (Lipinski definition) is 3. The van der Waals surface area contributed by atoms with Crippen molar-refractivity contribution in [1.29, 1.82) is 0 Å². The molecule has 0 spiro atoms. The van der Waals surface area contributed by atoms with Crippen molar-refractivity contribution in [2.45, 2.75) is 15.9 Å². The van der Waals surface area contributed by atoms with Gasteiger partial charge in [0.15, 0.2) is 10.2 Å². The minimum Gasteiger partial charge on any atom is -0.324 e. The Morgan fingerprint density at radius 2 is 0.889 bits per heavy atom. The van der Waals surface area contributed by atoms with E-state index in [0.29, 0.717) is 0 Å². The van der Waals surface area contributed by atoms with E-state index in [1.165, 1.54) is 0 Å². The second-order valence-corrected chi connectivity index (χ2v) is 9.80. The lowest BCUT2D eigenvalue weighted by Gasteiger charge is -2.27. The molecule has 0 aromatic carbocycles. The zero-order valence-electron chi connectivity index (χ0n) is 8.31. The quantitative estimate of drug-likeness (QED) is 0.216. The van der Waals surface area contributed by atoms with E-state index in [4.69, 9.17) is 52.6 Å². The normalized spacial score (nSPS) is 18.7. The molecule has 0 fully saturated rings. The van der Waals surface area contributed by atoms with Crippen LogP contribution < -0.4 is 0 Å². The molecule has 0 heterocycles. The highest BCUT2D eigenvalue weighted by molar-refractivity contribution is 7.61. The third-order valence-electron chi connectivity index (χ3n) is 1.59. The first-order chi connectivity index (χ1) is 7.19. The zero-order chi connectivity index (χ0) is 14.2. The van der Waals surface area contributed by atoms with E-state index in [0.717, 1.165) is 0 Å². The van der Waals surface area contributed by atoms with Crippen molar-refractivity contribution in [2.75, 3.05) is 0 Å². The van der Waals surface area contributed by atoms with Gasteiger partial charge in [0, 0.05) is 8.41 Å². The first-order valence-corrected chi connectivity index (χ1v) is 9.54. The van der Waals surface area contributed by atoms with Gasteiger partial charge in [0.1, 0.15) is 5.66 Å². The summed E-state index contributed by atoms with van der Waals surface area (Å²) in [5.74, 6) is 0. The molecule has 0 aliphatic rings. The summed E-state index contributed by atoms with van der Waals surface area (Å²) in [6.07, 6.45) is 0. The van der Waals surface area contributed by atoms with Gasteiger partial charge in [-0.3, -0.25) is 13.7 Å². The van der Waals surface area contributed by atoms with Crippen LogP contribution in [0.25, 0.3) is 0 Å². The van der Waals surface area contributed by atoms with Crippen molar-refractivity contribution in [3.8, 4) is 0 Å². The number of hydrogen-bond donors (Lipinski definition) is 6. The lowest BCUT2D eigenvalue weighted by molar-refractivity contribution is 0.332. The molecule has 2 unspecified atom stereocenters. The van der Waals surface area contributed by atoms with Crippen molar-refractivity contribution < 1.29 is 43.1 Å². The summed E-state index contributed by atoms with van der Waals surface area (Å²) in [4.78, 5) is 52.2. The second kappa shape index (κ2) is 6.70. The van der Waals surface area contributed by atoms with Gasteiger partial charge >= 0.3 is 22.8 Å². The summed E-state index contributed by atoms with van der Waals surface area (Å²) in [5.41, 5.74) is -2.58. The SMILES string of the molecule is O=P(O)(O)C(Cl)C(C(Cl)P(=O)(O)O)P(=O)(O)O.[B]. The van der Waals surface area contributed by atoms with Gasteiger partial charge in [0.25, 0.3) is 0 Å². The molecule has 2 atom stereocenters. The Hall–Kier alpha value is 1.09. The zero-order valence-corrected chi connectivity index (χ0v) is 12.5. The van der Waals surface area contributed by atoms with Crippen LogP contribution in [0.3, 0.4) is 0 Å². The van der Waals surface area contributed by atoms with E-state index >= 15 is 0 Å². The van der Waals surface area contributed by atoms with Crippen molar-refractivity contribution in [3.63, 3.8) is 0 Å². The highest BCUT2D eigenvalue weighted by atomic mass is 35.5. The molecular weight excluding hydrogens is 355 g/mol. The predicted molar refractivity (Wildman–Crippen MR) is 65.0 cm³/mol. The summed E-state index contributed by atoms with van der Waals surface area (Å²) in [5, 5.41) is -5.03. The Morgan fingerprint density at radius 1 is 0.667 bits per heavy atom. The minimum atomic E-state index is -5.33. The van der Waals surface area contributed by atoms with Gasteiger partial charge < -0.3 is 29.4 Å². The van der Waals surface area contributed by atoms with E-state index in [1.54, 1.807) is 0 Å². The van der Waals surface area contributed by atoms with Crippen LogP contribution in [-0.2, 0) is 13.7 Å². The summed E-state index contributed by atoms with van der Waals surface area (Å²) in [6, 6.07) is 0. The smallest absolute Gasteiger partial charge is 0.324 e. The van der Waals surface area contributed by atoms with Crippen LogP contribution in [0.5, 0.6) is 0 Å². The molecule has 107 valence electrons. The third-order valence-corrected chi connectivity index (χ3v) is 7.79. The van der Waals surface area contributed by atoms with Crippen LogP contribution in [0.4, 0.5) is 0 Å². The maximum atomic E-state index is 10.9. The number of alkyl halides is 2. The van der Waals surface area contributed by atoms with Crippen molar-refractivity contribution in [1.82, 2.24) is 0 Å². The van der Waals surface area contributed by atoms with Crippen molar-refractivity contribution in [2.24, 2.45) is 0 Å². The topological polar surface area (TPSA) is 173 Å². The molecule has 0 saturated carbocycles. The average Bonchev–Trinajstić information content (AvgIpc) is 1.97. The highest BCUT2D eigenvalue weighted by Crippen LogP contribution is 2.63. The van der Waals surface area contributed by atoms with Gasteiger partial charge in [-0.25, -0.2) is 0 Å². The third kappa shape index (κ3) is 6.03. The van der Waals surface area contributed by atoms with Crippen molar-refractivity contribution >= 4 is 54.4 Å². The van der Waals surface area contributed by atoms with Crippen LogP contribution in [0.15, 0.2) is 0 Å². The number of halogens is 2. The maximum Gasteiger partial charge on any atom is 0.344 e. The van der Waals surface area contributed by atoms with E-state index in [2.05, 4.69) is 0 Å². The van der Waals surface area contributed by atoms with Gasteiger partial charge in [-0.1, -0.05) is 0 Å². The molecule has 9 nitrogen and oxygen atoms in total. The van der Waals surface area contributed by atoms with E-state index in [1.807, 2.05) is 0 Å². The van der Waals surface area contributed by atoms with Crippen LogP contribution in [-0.4, -0.2) is 53.7 Å². The molecule has 0 aromatic heterocycles. The molecule has 3 radical (unpaired) electrons. The van der Waals surface area contributed by atoms with Crippen LogP contribution >= 0.6 is 46.0 Å². The van der Waals surface area contributed by atoms with Gasteiger partial charge in [-0.05, 0) is 0 Å². The van der Waals surface area contributed by atoms with Gasteiger partial charge in [0.05, 0.1) is 0 Å². The van der Waals surface area contributed by atoms with Gasteiger partial charge in [-0.15, -0.1) is 23.2 Å². The Bertz CT molecular complexity index is 383. The second-order valence-electron chi connectivity index (χ2n) is 3.00. The summed E-state index contributed by atoms with van der Waals surface area (Å²) < 4.78 is 32.5. The molecule has 0 amide bonds. The fourth-order valence-electron chi connectivity index (χ4n) is 0.849. The molecule has 0 aliphatic heterocycles. The summed E-state index contributed by atoms with van der Waals surface area (Å²) in [7, 11) is -15.7. The molecular formula is C3H9BCl2O9P3. The van der Waals surface area contributed by atoms with Crippen LogP contribution in [0, 0.1) is 0 Å². The average molecular weight is 364 g/mol. The largest absolute Gasteiger partial charge is 0.344 e. The molecule has 0 rings (SSSR count). The monoisotopic (exact) mass is 363 g/mol. The lowest BCUT2D eigenvalue weighted by atomic mass is 10.5. The molecule has 15 heteroatoms. The molecule has 0 saturated heterocycles. The molecule has 0 bridgehead atoms. The summed E-state index contributed by atoms with van der Waals surface area (Å²) in [6.45, 7) is 0. The van der Waals surface area contributed by atoms with E-state index in [9.17, 15) is 13.7 Å². The fourth-order valence-corrected chi connectivity index (χ4v) is 6.30. The standard InChI is InChI=1S/C3H9Cl2O9P3.B/c4-2(16(9,10)11)1(15(6,7)8)3(5)17(12,13)14;/h1-3H,(H2,6,7,8)(H2,9,10,11)(H2,12,13,14);. The Labute approximate surface area is 114 Å². The van der Waals surface area contributed by atoms with Crippen LogP contribution in [0.2, 0.25) is 0 Å². The first-order valence-electron chi connectivity index (χ1n) is 3.63.